The molecule has 1 aliphatic carbocycles. The molecule has 1 unspecified atom stereocenters. The highest BCUT2D eigenvalue weighted by molar-refractivity contribution is 6.31. The normalized spacial score (nSPS) is 15.2. The first-order chi connectivity index (χ1) is 19.2. The monoisotopic (exact) mass is 518 g/mol. The minimum absolute atomic E-state index is 0.324. The van der Waals surface area contributed by atoms with Gasteiger partial charge < -0.3 is 8.97 Å². The van der Waals surface area contributed by atoms with Crippen molar-refractivity contribution in [2.24, 2.45) is 0 Å². The van der Waals surface area contributed by atoms with Crippen LogP contribution in [0.4, 0.5) is 0 Å². The van der Waals surface area contributed by atoms with Crippen molar-refractivity contribution in [2.75, 3.05) is 0 Å². The molecule has 184 valence electrons. The van der Waals surface area contributed by atoms with Gasteiger partial charge in [0.1, 0.15) is 0 Å². The summed E-state index contributed by atoms with van der Waals surface area (Å²) in [5, 5.41) is 8.24. The molecule has 1 aliphatic heterocycles. The van der Waals surface area contributed by atoms with Gasteiger partial charge in [0.15, 0.2) is 0 Å². The number of fused-ring (bicyclic) bond motifs is 15. The van der Waals surface area contributed by atoms with Crippen LogP contribution in [0.15, 0.2) is 115 Å². The lowest BCUT2D eigenvalue weighted by molar-refractivity contribution is 0.834. The number of para-hydroxylation sites is 2. The lowest BCUT2D eigenvalue weighted by atomic mass is 9.90. The average Bonchev–Trinajstić information content (AvgIpc) is 3.48. The maximum atomic E-state index is 6.92. The van der Waals surface area contributed by atoms with Crippen molar-refractivity contribution in [3.8, 4) is 5.69 Å². The van der Waals surface area contributed by atoms with Crippen molar-refractivity contribution in [3.63, 3.8) is 0 Å². The number of hydrogen-bond acceptors (Lipinski definition) is 0. The molecule has 2 nitrogen and oxygen atoms in total. The van der Waals surface area contributed by atoms with Crippen LogP contribution < -0.4 is 5.22 Å². The van der Waals surface area contributed by atoms with Crippen molar-refractivity contribution in [3.05, 3.63) is 137 Å². The summed E-state index contributed by atoms with van der Waals surface area (Å²) in [6, 6.07) is 42.1. The fraction of sp³-hybridized carbons (Fsp3) is 0.0556. The Morgan fingerprint density at radius 2 is 1.36 bits per heavy atom. The molecule has 0 spiro atoms. The van der Waals surface area contributed by atoms with Gasteiger partial charge in [0.05, 0.1) is 11.0 Å². The van der Waals surface area contributed by atoms with E-state index in [4.69, 9.17) is 11.6 Å². The summed E-state index contributed by atoms with van der Waals surface area (Å²) in [5.41, 5.74) is 8.45. The fourth-order valence-electron chi connectivity index (χ4n) is 7.01. The van der Waals surface area contributed by atoms with E-state index in [9.17, 15) is 0 Å². The zero-order valence-corrected chi connectivity index (χ0v) is 21.9. The van der Waals surface area contributed by atoms with Crippen LogP contribution in [0.3, 0.4) is 0 Å². The van der Waals surface area contributed by atoms with E-state index in [0.29, 0.717) is 5.92 Å². The molecule has 7 aromatic rings. The van der Waals surface area contributed by atoms with Crippen LogP contribution in [-0.2, 0) is 0 Å². The first-order valence-electron chi connectivity index (χ1n) is 13.5. The topological polar surface area (TPSA) is 9.34 Å². The smallest absolute Gasteiger partial charge is 0.0547 e. The Labute approximate surface area is 230 Å². The van der Waals surface area contributed by atoms with Gasteiger partial charge in [-0.15, -0.1) is 0 Å². The van der Waals surface area contributed by atoms with Crippen molar-refractivity contribution >= 4 is 66.7 Å². The maximum absolute atomic E-state index is 6.92. The maximum Gasteiger partial charge on any atom is 0.0547 e. The largest absolute Gasteiger partial charge is 0.313 e. The predicted octanol–water partition coefficient (Wildman–Crippen LogP) is 9.03. The standard InChI is InChI=1S/C36H23ClN2/c37-24-19-25-21-26(20-24)39-34-12-6-4-10-30(34)32-16-14-23(18-36(32)39)28-8-2-1-7-27(28)22-13-15-31-29-9-3-5-11-33(29)38(25)35(31)17-22/h1-15,17-21,32H,16H2. The van der Waals surface area contributed by atoms with Crippen molar-refractivity contribution in [2.45, 2.75) is 12.3 Å². The second kappa shape index (κ2) is 7.75. The number of rotatable bonds is 0. The summed E-state index contributed by atoms with van der Waals surface area (Å²) in [6.07, 6.45) is 3.39. The summed E-state index contributed by atoms with van der Waals surface area (Å²) < 4.78 is 4.81. The summed E-state index contributed by atoms with van der Waals surface area (Å²) >= 11 is 6.92. The molecule has 39 heavy (non-hydrogen) atoms. The molecule has 6 bridgehead atoms. The summed E-state index contributed by atoms with van der Waals surface area (Å²) in [5.74, 6) is 0.324. The molecule has 1 atom stereocenters. The molecule has 3 heteroatoms. The molecular formula is C36H23ClN2. The molecular weight excluding hydrogens is 496 g/mol. The van der Waals surface area contributed by atoms with Crippen LogP contribution in [0.5, 0.6) is 0 Å². The van der Waals surface area contributed by atoms with Gasteiger partial charge in [-0.2, -0.15) is 0 Å². The minimum atomic E-state index is 0.324. The fourth-order valence-corrected chi connectivity index (χ4v) is 7.24. The van der Waals surface area contributed by atoms with E-state index >= 15 is 0 Å². The van der Waals surface area contributed by atoms with Gasteiger partial charge in [-0.25, -0.2) is 0 Å². The highest BCUT2D eigenvalue weighted by atomic mass is 35.5. The lowest BCUT2D eigenvalue weighted by Gasteiger charge is -2.14. The second-order valence-corrected chi connectivity index (χ2v) is 11.1. The second-order valence-electron chi connectivity index (χ2n) is 10.7. The van der Waals surface area contributed by atoms with Gasteiger partial charge in [-0.1, -0.05) is 90.5 Å². The van der Waals surface area contributed by atoms with E-state index < -0.39 is 0 Å². The molecule has 3 heterocycles. The van der Waals surface area contributed by atoms with Crippen molar-refractivity contribution in [1.82, 2.24) is 8.97 Å². The number of aromatic nitrogens is 2. The predicted molar refractivity (Wildman–Crippen MR) is 164 cm³/mol. The molecule has 0 saturated heterocycles. The number of benzene rings is 5. The Morgan fingerprint density at radius 1 is 0.615 bits per heavy atom. The number of halogens is 1. The summed E-state index contributed by atoms with van der Waals surface area (Å²) in [6.45, 7) is 0. The van der Waals surface area contributed by atoms with Gasteiger partial charge in [-0.3, -0.25) is 0 Å². The van der Waals surface area contributed by atoms with Crippen LogP contribution >= 0.6 is 11.6 Å². The van der Waals surface area contributed by atoms with Gasteiger partial charge in [0.2, 0.25) is 0 Å². The van der Waals surface area contributed by atoms with E-state index in [1.54, 1.807) is 0 Å². The summed E-state index contributed by atoms with van der Waals surface area (Å²) in [4.78, 5) is 0. The van der Waals surface area contributed by atoms with Crippen molar-refractivity contribution in [1.29, 1.82) is 0 Å². The first kappa shape index (κ1) is 21.4. The van der Waals surface area contributed by atoms with Crippen LogP contribution in [0, 0.1) is 0 Å². The van der Waals surface area contributed by atoms with Crippen molar-refractivity contribution < 1.29 is 0 Å². The lowest BCUT2D eigenvalue weighted by Crippen LogP contribution is -2.11. The average molecular weight is 519 g/mol. The van der Waals surface area contributed by atoms with Crippen LogP contribution in [0.1, 0.15) is 23.6 Å². The van der Waals surface area contributed by atoms with Crippen LogP contribution in [0.25, 0.3) is 60.8 Å². The quantitative estimate of drug-likeness (QED) is 0.189. The van der Waals surface area contributed by atoms with Crippen LogP contribution in [0.2, 0.25) is 5.02 Å². The Kier molecular flexibility index (Phi) is 4.26. The Balaban J connectivity index is 1.65. The molecule has 0 radical (unpaired) electrons. The third-order valence-corrected chi connectivity index (χ3v) is 8.87. The van der Waals surface area contributed by atoms with Gasteiger partial charge in [0.25, 0.3) is 0 Å². The summed E-state index contributed by atoms with van der Waals surface area (Å²) in [7, 11) is 0. The molecule has 2 aromatic heterocycles. The molecule has 0 fully saturated rings. The van der Waals surface area contributed by atoms with Gasteiger partial charge in [0, 0.05) is 44.1 Å². The van der Waals surface area contributed by atoms with E-state index in [1.165, 1.54) is 60.1 Å². The Hall–Kier alpha value is -4.53. The van der Waals surface area contributed by atoms with Gasteiger partial charge in [-0.05, 0) is 75.8 Å². The molecule has 0 N–H and O–H groups in total. The number of nitrogens with zero attached hydrogens (tertiary/aromatic N) is 2. The minimum Gasteiger partial charge on any atom is -0.313 e. The Morgan fingerprint density at radius 3 is 2.28 bits per heavy atom. The zero-order chi connectivity index (χ0) is 25.7. The molecule has 5 aromatic carbocycles. The Bertz CT molecular complexity index is 2340. The van der Waals surface area contributed by atoms with Gasteiger partial charge >= 0.3 is 0 Å². The molecule has 9 rings (SSSR count). The molecule has 0 saturated carbocycles. The first-order valence-corrected chi connectivity index (χ1v) is 13.9. The molecule has 2 aliphatic rings. The third kappa shape index (κ3) is 2.92. The highest BCUT2D eigenvalue weighted by Crippen LogP contribution is 2.42. The van der Waals surface area contributed by atoms with E-state index in [-0.39, 0.29) is 0 Å². The van der Waals surface area contributed by atoms with E-state index in [2.05, 4.69) is 130 Å². The van der Waals surface area contributed by atoms with Crippen LogP contribution in [-0.4, -0.2) is 8.97 Å². The third-order valence-electron chi connectivity index (χ3n) is 8.65. The molecule has 0 amide bonds. The zero-order valence-electron chi connectivity index (χ0n) is 21.1. The SMILES string of the molecule is Clc1cc2cc(c1)n1c3ccccc3c3ccc(cc31)c1ccccc1c1cc3n2-c2ccccc2C3CC=1. The number of hydrogen-bond donors (Lipinski definition) is 0. The highest BCUT2D eigenvalue weighted by Gasteiger charge is 2.28. The van der Waals surface area contributed by atoms with E-state index in [1.807, 2.05) is 0 Å². The van der Waals surface area contributed by atoms with E-state index in [0.717, 1.165) is 22.5 Å².